The van der Waals surface area contributed by atoms with E-state index in [-0.39, 0.29) is 5.76 Å². The number of benzene rings is 1. The molecule has 108 valence electrons. The molecule has 1 aromatic carbocycles. The molecule has 0 spiro atoms. The van der Waals surface area contributed by atoms with E-state index in [0.717, 1.165) is 28.9 Å². The summed E-state index contributed by atoms with van der Waals surface area (Å²) in [5.41, 5.74) is 8.33. The molecule has 0 aliphatic rings. The van der Waals surface area contributed by atoms with Crippen LogP contribution < -0.4 is 5.73 Å². The van der Waals surface area contributed by atoms with Crippen molar-refractivity contribution in [3.8, 4) is 0 Å². The van der Waals surface area contributed by atoms with Crippen LogP contribution in [0.5, 0.6) is 0 Å². The van der Waals surface area contributed by atoms with Gasteiger partial charge in [0.25, 0.3) is 0 Å². The summed E-state index contributed by atoms with van der Waals surface area (Å²) in [6.07, 6.45) is 2.57. The van der Waals surface area contributed by atoms with Gasteiger partial charge in [0, 0.05) is 18.5 Å². The fraction of sp³-hybridized carbons (Fsp3) is 0.294. The zero-order valence-corrected chi connectivity index (χ0v) is 12.4. The zero-order chi connectivity index (χ0) is 15.1. The molecule has 0 aliphatic carbocycles. The van der Waals surface area contributed by atoms with E-state index in [4.69, 9.17) is 10.5 Å². The number of allylic oxidation sites excluding steroid dienone is 5. The van der Waals surface area contributed by atoms with Crippen LogP contribution in [0.3, 0.4) is 0 Å². The summed E-state index contributed by atoms with van der Waals surface area (Å²) in [5.74, 6) is 1.64. The van der Waals surface area contributed by atoms with Crippen molar-refractivity contribution in [3.63, 3.8) is 0 Å². The lowest BCUT2D eigenvalue weighted by Gasteiger charge is -2.11. The Labute approximate surface area is 121 Å². The smallest absolute Gasteiger partial charge is 0.104 e. The molecule has 0 bridgehead atoms. The Morgan fingerprint density at radius 1 is 1.40 bits per heavy atom. The molecule has 20 heavy (non-hydrogen) atoms. The number of ether oxygens (including phenoxy) is 1. The zero-order valence-electron chi connectivity index (χ0n) is 12.4. The Bertz CT molecular complexity index is 538. The predicted octanol–water partition coefficient (Wildman–Crippen LogP) is 4.28. The maximum Gasteiger partial charge on any atom is 0.104 e. The Morgan fingerprint density at radius 2 is 2.10 bits per heavy atom. The maximum atomic E-state index is 9.93. The van der Waals surface area contributed by atoms with Crippen LogP contribution in [0, 0.1) is 0 Å². The van der Waals surface area contributed by atoms with Gasteiger partial charge in [-0.3, -0.25) is 0 Å². The lowest BCUT2D eigenvalue weighted by molar-refractivity contribution is 0.298. The first kappa shape index (κ1) is 16.1. The van der Waals surface area contributed by atoms with Crippen LogP contribution in [0.15, 0.2) is 54.2 Å². The summed E-state index contributed by atoms with van der Waals surface area (Å²) >= 11 is 0. The van der Waals surface area contributed by atoms with Gasteiger partial charge in [-0.15, -0.1) is 0 Å². The monoisotopic (exact) mass is 273 g/mol. The van der Waals surface area contributed by atoms with Gasteiger partial charge in [0.1, 0.15) is 5.76 Å². The van der Waals surface area contributed by atoms with Gasteiger partial charge in [0.2, 0.25) is 0 Å². The van der Waals surface area contributed by atoms with Gasteiger partial charge < -0.3 is 15.6 Å². The van der Waals surface area contributed by atoms with Gasteiger partial charge in [-0.05, 0) is 37.1 Å². The van der Waals surface area contributed by atoms with E-state index in [1.54, 1.807) is 13.8 Å². The van der Waals surface area contributed by atoms with Crippen LogP contribution in [0.1, 0.15) is 38.3 Å². The second-order valence-corrected chi connectivity index (χ2v) is 4.67. The number of hydrogen-bond donors (Lipinski definition) is 2. The standard InChI is InChI=1S/C17H23NO2/c1-5-16(20-12(2)3)10-17(13(4)19)15-8-6-7-14(9-15)11-18/h6-10,19H,2,5,11,18H2,1,3-4H3/b16-10+,17-13-. The topological polar surface area (TPSA) is 55.5 Å². The lowest BCUT2D eigenvalue weighted by atomic mass is 10.0. The van der Waals surface area contributed by atoms with E-state index >= 15 is 0 Å². The number of aliphatic hydroxyl groups is 1. The van der Waals surface area contributed by atoms with Crippen LogP contribution in [-0.2, 0) is 11.3 Å². The van der Waals surface area contributed by atoms with Crippen molar-refractivity contribution in [3.05, 3.63) is 65.3 Å². The number of nitrogens with two attached hydrogens (primary N) is 1. The number of hydrogen-bond acceptors (Lipinski definition) is 3. The molecule has 0 aromatic heterocycles. The van der Waals surface area contributed by atoms with Gasteiger partial charge in [-0.1, -0.05) is 31.7 Å². The van der Waals surface area contributed by atoms with Crippen molar-refractivity contribution in [2.45, 2.75) is 33.7 Å². The Morgan fingerprint density at radius 3 is 2.60 bits per heavy atom. The van der Waals surface area contributed by atoms with E-state index < -0.39 is 0 Å². The average Bonchev–Trinajstić information content (AvgIpc) is 2.42. The molecule has 0 radical (unpaired) electrons. The largest absolute Gasteiger partial charge is 0.512 e. The van der Waals surface area contributed by atoms with Gasteiger partial charge in [-0.25, -0.2) is 0 Å². The molecule has 3 heteroatoms. The minimum absolute atomic E-state index is 0.246. The summed E-state index contributed by atoms with van der Waals surface area (Å²) in [7, 11) is 0. The van der Waals surface area contributed by atoms with E-state index in [1.165, 1.54) is 0 Å². The van der Waals surface area contributed by atoms with E-state index in [1.807, 2.05) is 37.3 Å². The molecular weight excluding hydrogens is 250 g/mol. The summed E-state index contributed by atoms with van der Waals surface area (Å²) < 4.78 is 5.55. The van der Waals surface area contributed by atoms with E-state index in [2.05, 4.69) is 6.58 Å². The molecule has 3 nitrogen and oxygen atoms in total. The normalized spacial score (nSPS) is 12.9. The third-order valence-electron chi connectivity index (χ3n) is 2.82. The molecule has 0 saturated carbocycles. The average molecular weight is 273 g/mol. The summed E-state index contributed by atoms with van der Waals surface area (Å²) in [4.78, 5) is 0. The fourth-order valence-corrected chi connectivity index (χ4v) is 1.85. The second-order valence-electron chi connectivity index (χ2n) is 4.67. The van der Waals surface area contributed by atoms with Crippen LogP contribution in [0.4, 0.5) is 0 Å². The van der Waals surface area contributed by atoms with E-state index in [0.29, 0.717) is 12.3 Å². The molecule has 3 N–H and O–H groups in total. The Balaban J connectivity index is 3.21. The van der Waals surface area contributed by atoms with Gasteiger partial charge >= 0.3 is 0 Å². The summed E-state index contributed by atoms with van der Waals surface area (Å²) in [6.45, 7) is 9.66. The van der Waals surface area contributed by atoms with Crippen LogP contribution in [0.25, 0.3) is 5.57 Å². The lowest BCUT2D eigenvalue weighted by Crippen LogP contribution is -1.98. The number of rotatable bonds is 6. The third kappa shape index (κ3) is 4.59. The predicted molar refractivity (Wildman–Crippen MR) is 83.8 cm³/mol. The summed E-state index contributed by atoms with van der Waals surface area (Å²) in [6, 6.07) is 7.81. The fourth-order valence-electron chi connectivity index (χ4n) is 1.85. The van der Waals surface area contributed by atoms with Crippen LogP contribution in [-0.4, -0.2) is 5.11 Å². The van der Waals surface area contributed by atoms with Crippen molar-refractivity contribution in [1.82, 2.24) is 0 Å². The molecule has 0 aliphatic heterocycles. The van der Waals surface area contributed by atoms with E-state index in [9.17, 15) is 5.11 Å². The van der Waals surface area contributed by atoms with Crippen molar-refractivity contribution >= 4 is 5.57 Å². The molecule has 0 heterocycles. The van der Waals surface area contributed by atoms with Crippen molar-refractivity contribution in [2.24, 2.45) is 5.73 Å². The molecule has 0 amide bonds. The molecular formula is C17H23NO2. The Hall–Kier alpha value is -2.00. The molecule has 1 aromatic rings. The first-order valence-electron chi connectivity index (χ1n) is 6.71. The number of aliphatic hydroxyl groups excluding tert-OH is 1. The molecule has 0 saturated heterocycles. The second kappa shape index (κ2) is 7.56. The van der Waals surface area contributed by atoms with Crippen LogP contribution in [0.2, 0.25) is 0 Å². The third-order valence-corrected chi connectivity index (χ3v) is 2.82. The van der Waals surface area contributed by atoms with Crippen molar-refractivity contribution in [2.75, 3.05) is 0 Å². The highest BCUT2D eigenvalue weighted by atomic mass is 16.5. The minimum atomic E-state index is 0.246. The highest BCUT2D eigenvalue weighted by Gasteiger charge is 2.07. The molecule has 0 fully saturated rings. The Kier molecular flexibility index (Phi) is 6.07. The minimum Gasteiger partial charge on any atom is -0.512 e. The molecule has 1 rings (SSSR count). The molecule has 0 atom stereocenters. The SMILES string of the molecule is C=C(C)O/C(=C/C(=C(\C)O)c1cccc(CN)c1)CC. The first-order chi connectivity index (χ1) is 9.47. The molecule has 0 unspecified atom stereocenters. The highest BCUT2D eigenvalue weighted by Crippen LogP contribution is 2.23. The van der Waals surface area contributed by atoms with Crippen LogP contribution >= 0.6 is 0 Å². The first-order valence-corrected chi connectivity index (χ1v) is 6.71. The van der Waals surface area contributed by atoms with Crippen molar-refractivity contribution < 1.29 is 9.84 Å². The highest BCUT2D eigenvalue weighted by molar-refractivity contribution is 5.76. The van der Waals surface area contributed by atoms with Gasteiger partial charge in [-0.2, -0.15) is 0 Å². The summed E-state index contributed by atoms with van der Waals surface area (Å²) in [5, 5.41) is 9.93. The maximum absolute atomic E-state index is 9.93. The van der Waals surface area contributed by atoms with Gasteiger partial charge in [0.15, 0.2) is 0 Å². The quantitative estimate of drug-likeness (QED) is 0.601. The van der Waals surface area contributed by atoms with Crippen molar-refractivity contribution in [1.29, 1.82) is 0 Å². The van der Waals surface area contributed by atoms with Gasteiger partial charge in [0.05, 0.1) is 11.5 Å².